The lowest BCUT2D eigenvalue weighted by atomic mass is 9.95. The van der Waals surface area contributed by atoms with E-state index in [0.29, 0.717) is 38.7 Å². The molecule has 0 saturated carbocycles. The second-order valence-corrected chi connectivity index (χ2v) is 11.4. The fourth-order valence-electron chi connectivity index (χ4n) is 5.31. The van der Waals surface area contributed by atoms with Crippen LogP contribution in [-0.4, -0.2) is 55.2 Å². The van der Waals surface area contributed by atoms with Crippen LogP contribution in [0, 0.1) is 0 Å². The molecule has 10 heteroatoms. The topological polar surface area (TPSA) is 92.3 Å². The van der Waals surface area contributed by atoms with Crippen LogP contribution in [0.25, 0.3) is 6.08 Å². The quantitative estimate of drug-likeness (QED) is 0.358. The molecule has 0 radical (unpaired) electrons. The van der Waals surface area contributed by atoms with Gasteiger partial charge in [-0.05, 0) is 56.8 Å². The maximum Gasteiger partial charge on any atom is 0.271 e. The first-order valence-electron chi connectivity index (χ1n) is 14.1. The third-order valence-electron chi connectivity index (χ3n) is 7.51. The average Bonchev–Trinajstić information content (AvgIpc) is 3.58. The number of allylic oxidation sites excluding steroid dienone is 1. The Kier molecular flexibility index (Phi) is 7.82. The van der Waals surface area contributed by atoms with Gasteiger partial charge in [-0.1, -0.05) is 41.7 Å². The van der Waals surface area contributed by atoms with Crippen molar-refractivity contribution in [2.75, 3.05) is 50.1 Å². The lowest BCUT2D eigenvalue weighted by Gasteiger charge is -2.32. The zero-order valence-electron chi connectivity index (χ0n) is 23.9. The maximum absolute atomic E-state index is 14.0. The number of nitrogens with one attached hydrogen (secondary N) is 1. The van der Waals surface area contributed by atoms with Gasteiger partial charge in [0.1, 0.15) is 11.5 Å². The first-order chi connectivity index (χ1) is 20.4. The number of para-hydroxylation sites is 1. The Morgan fingerprint density at radius 2 is 1.81 bits per heavy atom. The molecule has 1 amide bonds. The van der Waals surface area contributed by atoms with Crippen LogP contribution < -0.4 is 29.8 Å². The summed E-state index contributed by atoms with van der Waals surface area (Å²) in [4.78, 5) is 37.5. The summed E-state index contributed by atoms with van der Waals surface area (Å²) in [5.41, 5.74) is 2.20. The highest BCUT2D eigenvalue weighted by molar-refractivity contribution is 7.07. The van der Waals surface area contributed by atoms with Gasteiger partial charge in [-0.25, -0.2) is 4.99 Å². The van der Waals surface area contributed by atoms with Crippen molar-refractivity contribution in [3.63, 3.8) is 0 Å². The van der Waals surface area contributed by atoms with Gasteiger partial charge in [-0.2, -0.15) is 0 Å². The van der Waals surface area contributed by atoms with Gasteiger partial charge >= 0.3 is 0 Å². The molecular weight excluding hydrogens is 550 g/mol. The second-order valence-electron chi connectivity index (χ2n) is 10.4. The molecule has 216 valence electrons. The SMILES string of the molecule is CCOc1ccc(C2C(C(=O)Nc3ccccc3)=C(C)N=c3s/c(=C\c4ccc(N5CCN(C)CC5)o4)c(=O)n32)cc1. The Hall–Kier alpha value is -4.41. The van der Waals surface area contributed by atoms with Crippen LogP contribution in [0.1, 0.15) is 31.2 Å². The fraction of sp³-hybridized carbons (Fsp3) is 0.281. The van der Waals surface area contributed by atoms with Crippen LogP contribution in [0.15, 0.2) is 92.2 Å². The Balaban J connectivity index is 1.40. The van der Waals surface area contributed by atoms with Crippen molar-refractivity contribution in [1.29, 1.82) is 0 Å². The van der Waals surface area contributed by atoms with Crippen LogP contribution in [0.4, 0.5) is 11.6 Å². The summed E-state index contributed by atoms with van der Waals surface area (Å²) in [6, 6.07) is 20.0. The summed E-state index contributed by atoms with van der Waals surface area (Å²) >= 11 is 1.29. The number of ether oxygens (including phenoxy) is 1. The molecule has 9 nitrogen and oxygen atoms in total. The van der Waals surface area contributed by atoms with Gasteiger partial charge in [0.2, 0.25) is 0 Å². The molecule has 1 fully saturated rings. The van der Waals surface area contributed by atoms with Crippen molar-refractivity contribution in [3.05, 3.63) is 109 Å². The van der Waals surface area contributed by atoms with E-state index in [1.165, 1.54) is 11.3 Å². The largest absolute Gasteiger partial charge is 0.494 e. The van der Waals surface area contributed by atoms with E-state index in [9.17, 15) is 9.59 Å². The van der Waals surface area contributed by atoms with Crippen molar-refractivity contribution in [3.8, 4) is 5.75 Å². The minimum absolute atomic E-state index is 0.229. The van der Waals surface area contributed by atoms with Crippen molar-refractivity contribution < 1.29 is 13.9 Å². The van der Waals surface area contributed by atoms with Crippen molar-refractivity contribution in [2.24, 2.45) is 4.99 Å². The van der Waals surface area contributed by atoms with E-state index < -0.39 is 6.04 Å². The molecule has 0 aliphatic carbocycles. The van der Waals surface area contributed by atoms with E-state index in [2.05, 4.69) is 22.2 Å². The highest BCUT2D eigenvalue weighted by Crippen LogP contribution is 2.32. The summed E-state index contributed by atoms with van der Waals surface area (Å²) in [6.07, 6.45) is 1.77. The first-order valence-corrected chi connectivity index (χ1v) is 14.9. The highest BCUT2D eigenvalue weighted by atomic mass is 32.1. The second kappa shape index (κ2) is 11.8. The molecule has 4 heterocycles. The van der Waals surface area contributed by atoms with Crippen molar-refractivity contribution in [2.45, 2.75) is 19.9 Å². The molecule has 6 rings (SSSR count). The maximum atomic E-state index is 14.0. The average molecular weight is 584 g/mol. The summed E-state index contributed by atoms with van der Waals surface area (Å²) < 4.78 is 13.9. The molecule has 1 N–H and O–H groups in total. The Bertz CT molecular complexity index is 1800. The molecular formula is C32H33N5O4S. The van der Waals surface area contributed by atoms with E-state index in [1.807, 2.05) is 80.6 Å². The van der Waals surface area contributed by atoms with Crippen LogP contribution in [0.3, 0.4) is 0 Å². The van der Waals surface area contributed by atoms with Gasteiger partial charge in [0.25, 0.3) is 11.5 Å². The molecule has 2 aliphatic rings. The third kappa shape index (κ3) is 5.55. The van der Waals surface area contributed by atoms with Gasteiger partial charge in [-0.15, -0.1) is 0 Å². The van der Waals surface area contributed by atoms with E-state index in [1.54, 1.807) is 10.6 Å². The lowest BCUT2D eigenvalue weighted by Crippen LogP contribution is -2.44. The van der Waals surface area contributed by atoms with Gasteiger partial charge in [0.15, 0.2) is 10.7 Å². The first kappa shape index (κ1) is 27.7. The number of piperazine rings is 1. The number of thiazole rings is 1. The Morgan fingerprint density at radius 1 is 1.07 bits per heavy atom. The van der Waals surface area contributed by atoms with Crippen LogP contribution in [0.5, 0.6) is 5.75 Å². The molecule has 1 atom stereocenters. The molecule has 2 aromatic heterocycles. The smallest absolute Gasteiger partial charge is 0.271 e. The predicted octanol–water partition coefficient (Wildman–Crippen LogP) is 3.62. The number of rotatable bonds is 7. The van der Waals surface area contributed by atoms with Gasteiger partial charge in [-0.3, -0.25) is 14.2 Å². The zero-order valence-corrected chi connectivity index (χ0v) is 24.7. The number of anilines is 2. The van der Waals surface area contributed by atoms with Crippen LogP contribution >= 0.6 is 11.3 Å². The number of carbonyl (C=O) groups is 1. The number of hydrogen-bond acceptors (Lipinski definition) is 8. The molecule has 1 unspecified atom stereocenters. The summed E-state index contributed by atoms with van der Waals surface area (Å²) in [6.45, 7) is 8.01. The molecule has 1 saturated heterocycles. The molecule has 4 aromatic rings. The van der Waals surface area contributed by atoms with Gasteiger partial charge in [0, 0.05) is 44.0 Å². The fourth-order valence-corrected chi connectivity index (χ4v) is 6.33. The number of amides is 1. The number of fused-ring (bicyclic) bond motifs is 1. The molecule has 2 aromatic carbocycles. The van der Waals surface area contributed by atoms with Crippen LogP contribution in [0.2, 0.25) is 0 Å². The van der Waals surface area contributed by atoms with Crippen LogP contribution in [-0.2, 0) is 4.79 Å². The Morgan fingerprint density at radius 3 is 2.52 bits per heavy atom. The summed E-state index contributed by atoms with van der Waals surface area (Å²) in [5.74, 6) is 1.81. The zero-order chi connectivity index (χ0) is 29.2. The number of benzene rings is 2. The molecule has 0 bridgehead atoms. The number of hydrogen-bond donors (Lipinski definition) is 1. The van der Waals surface area contributed by atoms with Gasteiger partial charge < -0.3 is 24.3 Å². The molecule has 42 heavy (non-hydrogen) atoms. The number of nitrogens with zero attached hydrogens (tertiary/aromatic N) is 4. The molecule has 2 aliphatic heterocycles. The minimum Gasteiger partial charge on any atom is -0.494 e. The van der Waals surface area contributed by atoms with E-state index in [-0.39, 0.29) is 11.5 Å². The standard InChI is InChI=1S/C32H33N5O4S/c1-4-40-24-12-10-22(11-13-24)29-28(30(38)34-23-8-6-5-7-9-23)21(2)33-32-37(29)31(39)26(42-32)20-25-14-15-27(41-25)36-18-16-35(3)17-19-36/h5-15,20,29H,4,16-19H2,1-3H3,(H,34,38)/b26-20-. The van der Waals surface area contributed by atoms with Gasteiger partial charge in [0.05, 0.1) is 28.5 Å². The summed E-state index contributed by atoms with van der Waals surface area (Å²) in [7, 11) is 2.11. The monoisotopic (exact) mass is 583 g/mol. The lowest BCUT2D eigenvalue weighted by molar-refractivity contribution is -0.113. The minimum atomic E-state index is -0.666. The molecule has 0 spiro atoms. The number of likely N-dealkylation sites (N-methyl/N-ethyl adjacent to an activating group) is 1. The van der Waals surface area contributed by atoms with Crippen molar-refractivity contribution >= 4 is 34.9 Å². The Labute approximate surface area is 247 Å². The number of carbonyl (C=O) groups excluding carboxylic acids is 1. The van der Waals surface area contributed by atoms with E-state index in [4.69, 9.17) is 14.1 Å². The highest BCUT2D eigenvalue weighted by Gasteiger charge is 2.32. The van der Waals surface area contributed by atoms with E-state index >= 15 is 0 Å². The summed E-state index contributed by atoms with van der Waals surface area (Å²) in [5, 5.41) is 2.98. The third-order valence-corrected chi connectivity index (χ3v) is 8.49. The predicted molar refractivity (Wildman–Crippen MR) is 165 cm³/mol. The number of aromatic nitrogens is 1. The number of furan rings is 1. The van der Waals surface area contributed by atoms with E-state index in [0.717, 1.165) is 43.4 Å². The van der Waals surface area contributed by atoms with Crippen molar-refractivity contribution in [1.82, 2.24) is 9.47 Å². The normalized spacial score (nSPS) is 17.6.